The van der Waals surface area contributed by atoms with E-state index < -0.39 is 24.3 Å². The molecule has 0 bridgehead atoms. The summed E-state index contributed by atoms with van der Waals surface area (Å²) in [5.41, 5.74) is 0.459. The molecule has 0 heterocycles. The summed E-state index contributed by atoms with van der Waals surface area (Å²) in [5.74, 6) is -1.40. The molecule has 1 N–H and O–H groups in total. The number of nitrogens with one attached hydrogen (secondary N) is 1. The van der Waals surface area contributed by atoms with Crippen LogP contribution in [0.4, 0.5) is 10.1 Å². The van der Waals surface area contributed by atoms with Crippen molar-refractivity contribution in [2.75, 3.05) is 18.5 Å². The Hall–Kier alpha value is -2.60. The average molecular weight is 352 g/mol. The van der Waals surface area contributed by atoms with Gasteiger partial charge in [0.05, 0.1) is 22.9 Å². The van der Waals surface area contributed by atoms with Gasteiger partial charge in [-0.15, -0.1) is 0 Å². The molecule has 126 valence electrons. The SMILES string of the molecule is CCOc1ccccc1NC(=O)COC(=O)c1ccc(F)cc1Cl. The van der Waals surface area contributed by atoms with E-state index in [0.717, 1.165) is 12.1 Å². The van der Waals surface area contributed by atoms with Crippen molar-refractivity contribution in [3.63, 3.8) is 0 Å². The number of hydrogen-bond acceptors (Lipinski definition) is 4. The normalized spacial score (nSPS) is 10.1. The first kappa shape index (κ1) is 17.7. The first-order valence-electron chi connectivity index (χ1n) is 7.15. The van der Waals surface area contributed by atoms with E-state index in [1.807, 2.05) is 6.92 Å². The summed E-state index contributed by atoms with van der Waals surface area (Å²) in [6.07, 6.45) is 0. The standard InChI is InChI=1S/C17H15ClFNO4/c1-2-23-15-6-4-3-5-14(15)20-16(21)10-24-17(22)12-8-7-11(19)9-13(12)18/h3-9H,2,10H2,1H3,(H,20,21). The van der Waals surface area contributed by atoms with Crippen molar-refractivity contribution in [2.45, 2.75) is 6.92 Å². The number of carbonyl (C=O) groups excluding carboxylic acids is 2. The van der Waals surface area contributed by atoms with Crippen molar-refractivity contribution >= 4 is 29.2 Å². The van der Waals surface area contributed by atoms with Gasteiger partial charge in [-0.1, -0.05) is 23.7 Å². The molecule has 0 spiro atoms. The van der Waals surface area contributed by atoms with E-state index in [0.29, 0.717) is 18.0 Å². The molecule has 24 heavy (non-hydrogen) atoms. The van der Waals surface area contributed by atoms with E-state index in [9.17, 15) is 14.0 Å². The molecule has 0 aliphatic carbocycles. The van der Waals surface area contributed by atoms with E-state index in [-0.39, 0.29) is 10.6 Å². The lowest BCUT2D eigenvalue weighted by molar-refractivity contribution is -0.119. The largest absolute Gasteiger partial charge is 0.492 e. The summed E-state index contributed by atoms with van der Waals surface area (Å²) in [5, 5.41) is 2.51. The average Bonchev–Trinajstić information content (AvgIpc) is 2.55. The predicted molar refractivity (Wildman–Crippen MR) is 87.9 cm³/mol. The van der Waals surface area contributed by atoms with Gasteiger partial charge in [0.2, 0.25) is 0 Å². The fourth-order valence-corrected chi connectivity index (χ4v) is 2.15. The zero-order valence-corrected chi connectivity index (χ0v) is 13.6. The molecule has 0 atom stereocenters. The number of carbonyl (C=O) groups is 2. The van der Waals surface area contributed by atoms with E-state index >= 15 is 0 Å². The molecule has 5 nitrogen and oxygen atoms in total. The highest BCUT2D eigenvalue weighted by atomic mass is 35.5. The van der Waals surface area contributed by atoms with Gasteiger partial charge in [-0.05, 0) is 37.3 Å². The molecule has 0 saturated carbocycles. The van der Waals surface area contributed by atoms with Gasteiger partial charge in [0.1, 0.15) is 11.6 Å². The molecular formula is C17H15ClFNO4. The molecule has 2 aromatic rings. The van der Waals surface area contributed by atoms with Gasteiger partial charge >= 0.3 is 5.97 Å². The lowest BCUT2D eigenvalue weighted by atomic mass is 10.2. The van der Waals surface area contributed by atoms with E-state index in [1.165, 1.54) is 6.07 Å². The van der Waals surface area contributed by atoms with Crippen LogP contribution in [0.15, 0.2) is 42.5 Å². The maximum atomic E-state index is 13.0. The van der Waals surface area contributed by atoms with Crippen LogP contribution >= 0.6 is 11.6 Å². The molecule has 0 unspecified atom stereocenters. The van der Waals surface area contributed by atoms with Crippen molar-refractivity contribution in [1.29, 1.82) is 0 Å². The van der Waals surface area contributed by atoms with Crippen LogP contribution < -0.4 is 10.1 Å². The zero-order valence-electron chi connectivity index (χ0n) is 12.8. The fourth-order valence-electron chi connectivity index (χ4n) is 1.90. The van der Waals surface area contributed by atoms with Crippen LogP contribution in [-0.2, 0) is 9.53 Å². The number of ether oxygens (including phenoxy) is 2. The second-order valence-electron chi connectivity index (χ2n) is 4.68. The van der Waals surface area contributed by atoms with Gasteiger partial charge in [0, 0.05) is 0 Å². The molecule has 0 aliphatic rings. The van der Waals surface area contributed by atoms with Crippen LogP contribution in [0, 0.1) is 5.82 Å². The highest BCUT2D eigenvalue weighted by Crippen LogP contribution is 2.23. The molecule has 0 fully saturated rings. The van der Waals surface area contributed by atoms with Crippen LogP contribution in [0.25, 0.3) is 0 Å². The topological polar surface area (TPSA) is 64.6 Å². The minimum atomic E-state index is -0.812. The van der Waals surface area contributed by atoms with Gasteiger partial charge < -0.3 is 14.8 Å². The van der Waals surface area contributed by atoms with Crippen molar-refractivity contribution in [2.24, 2.45) is 0 Å². The van der Waals surface area contributed by atoms with Crippen molar-refractivity contribution < 1.29 is 23.5 Å². The Morgan fingerprint density at radius 1 is 1.21 bits per heavy atom. The quantitative estimate of drug-likeness (QED) is 0.806. The van der Waals surface area contributed by atoms with Crippen LogP contribution in [-0.4, -0.2) is 25.1 Å². The third-order valence-corrected chi connectivity index (χ3v) is 3.26. The minimum absolute atomic E-state index is 0.0133. The summed E-state index contributed by atoms with van der Waals surface area (Å²) in [4.78, 5) is 23.8. The molecule has 2 rings (SSSR count). The van der Waals surface area contributed by atoms with Crippen molar-refractivity contribution in [3.05, 3.63) is 58.9 Å². The summed E-state index contributed by atoms with van der Waals surface area (Å²) in [6, 6.07) is 10.2. The number of para-hydroxylation sites is 2. The fraction of sp³-hybridized carbons (Fsp3) is 0.176. The zero-order chi connectivity index (χ0) is 17.5. The number of halogens is 2. The Labute approximate surface area is 143 Å². The molecule has 0 aliphatic heterocycles. The smallest absolute Gasteiger partial charge is 0.340 e. The Bertz CT molecular complexity index is 751. The Morgan fingerprint density at radius 3 is 2.67 bits per heavy atom. The van der Waals surface area contributed by atoms with Crippen LogP contribution in [0.3, 0.4) is 0 Å². The van der Waals surface area contributed by atoms with Crippen molar-refractivity contribution in [1.82, 2.24) is 0 Å². The van der Waals surface area contributed by atoms with Crippen molar-refractivity contribution in [3.8, 4) is 5.75 Å². The number of hydrogen-bond donors (Lipinski definition) is 1. The Kier molecular flexibility index (Phi) is 6.14. The first-order chi connectivity index (χ1) is 11.5. The van der Waals surface area contributed by atoms with Gasteiger partial charge in [0.15, 0.2) is 6.61 Å². The third kappa shape index (κ3) is 4.70. The predicted octanol–water partition coefficient (Wildman–Crippen LogP) is 3.67. The molecule has 0 radical (unpaired) electrons. The number of rotatable bonds is 6. The minimum Gasteiger partial charge on any atom is -0.492 e. The maximum Gasteiger partial charge on any atom is 0.340 e. The van der Waals surface area contributed by atoms with E-state index in [1.54, 1.807) is 24.3 Å². The molecule has 7 heteroatoms. The number of benzene rings is 2. The van der Waals surface area contributed by atoms with E-state index in [4.69, 9.17) is 21.1 Å². The summed E-state index contributed by atoms with van der Waals surface area (Å²) in [7, 11) is 0. The van der Waals surface area contributed by atoms with Crippen LogP contribution in [0.2, 0.25) is 5.02 Å². The van der Waals surface area contributed by atoms with Crippen LogP contribution in [0.1, 0.15) is 17.3 Å². The highest BCUT2D eigenvalue weighted by molar-refractivity contribution is 6.33. The highest BCUT2D eigenvalue weighted by Gasteiger charge is 2.15. The Morgan fingerprint density at radius 2 is 1.96 bits per heavy atom. The molecular weight excluding hydrogens is 337 g/mol. The number of amides is 1. The summed E-state index contributed by atoms with van der Waals surface area (Å²) in [6.45, 7) is 1.77. The number of esters is 1. The molecule has 2 aromatic carbocycles. The summed E-state index contributed by atoms with van der Waals surface area (Å²) < 4.78 is 23.2. The monoisotopic (exact) mass is 351 g/mol. The van der Waals surface area contributed by atoms with Gasteiger partial charge in [-0.3, -0.25) is 4.79 Å². The first-order valence-corrected chi connectivity index (χ1v) is 7.53. The third-order valence-electron chi connectivity index (χ3n) is 2.95. The second-order valence-corrected chi connectivity index (χ2v) is 5.08. The molecule has 0 saturated heterocycles. The second kappa shape index (κ2) is 8.31. The van der Waals surface area contributed by atoms with Crippen LogP contribution in [0.5, 0.6) is 5.75 Å². The maximum absolute atomic E-state index is 13.0. The summed E-state index contributed by atoms with van der Waals surface area (Å²) >= 11 is 5.77. The van der Waals surface area contributed by atoms with Gasteiger partial charge in [0.25, 0.3) is 5.91 Å². The lowest BCUT2D eigenvalue weighted by Gasteiger charge is -2.11. The Balaban J connectivity index is 1.95. The molecule has 1 amide bonds. The number of anilines is 1. The lowest BCUT2D eigenvalue weighted by Crippen LogP contribution is -2.21. The van der Waals surface area contributed by atoms with Gasteiger partial charge in [-0.25, -0.2) is 9.18 Å². The molecule has 0 aromatic heterocycles. The van der Waals surface area contributed by atoms with Gasteiger partial charge in [-0.2, -0.15) is 0 Å². The van der Waals surface area contributed by atoms with E-state index in [2.05, 4.69) is 5.32 Å².